The number of carbonyl (C=O) groups excluding carboxylic acids is 2. The summed E-state index contributed by atoms with van der Waals surface area (Å²) in [6, 6.07) is 13.8. The maximum Gasteiger partial charge on any atom is 0.251 e. The van der Waals surface area contributed by atoms with Crippen molar-refractivity contribution in [3.05, 3.63) is 77.2 Å². The molecule has 0 radical (unpaired) electrons. The number of rotatable bonds is 7. The number of amides is 2. The molecule has 4 N–H and O–H groups in total. The largest absolute Gasteiger partial charge is 0.497 e. The molecule has 35 heavy (non-hydrogen) atoms. The first kappa shape index (κ1) is 24.2. The fourth-order valence-corrected chi connectivity index (χ4v) is 3.88. The molecular formula is C26H26FN3O5. The van der Waals surface area contributed by atoms with Gasteiger partial charge in [0, 0.05) is 16.7 Å². The summed E-state index contributed by atoms with van der Waals surface area (Å²) in [7, 11) is 1.50. The highest BCUT2D eigenvalue weighted by molar-refractivity contribution is 5.94. The molecule has 9 heteroatoms. The molecule has 1 aliphatic rings. The number of aliphatic hydroxyl groups is 1. The third-order valence-corrected chi connectivity index (χ3v) is 6.21. The fraction of sp³-hybridized carbons (Fsp3) is 0.269. The Morgan fingerprint density at radius 1 is 1.26 bits per heavy atom. The number of nitrogens with zero attached hydrogens (tertiary/aromatic N) is 1. The highest BCUT2D eigenvalue weighted by atomic mass is 19.1. The zero-order valence-corrected chi connectivity index (χ0v) is 19.6. The van der Waals surface area contributed by atoms with Crippen LogP contribution in [0.15, 0.2) is 54.6 Å². The number of nitrogens with two attached hydrogens (primary N) is 1. The summed E-state index contributed by atoms with van der Waals surface area (Å²) in [6.07, 6.45) is 0. The molecule has 0 aliphatic carbocycles. The Morgan fingerprint density at radius 2 is 1.97 bits per heavy atom. The van der Waals surface area contributed by atoms with Crippen molar-refractivity contribution < 1.29 is 28.6 Å². The van der Waals surface area contributed by atoms with Gasteiger partial charge in [0.15, 0.2) is 0 Å². The average molecular weight is 480 g/mol. The number of aromatic nitrogens is 1. The maximum absolute atomic E-state index is 13.5. The summed E-state index contributed by atoms with van der Waals surface area (Å²) in [4.78, 5) is 29.6. The molecule has 0 fully saturated rings. The number of benzene rings is 2. The quantitative estimate of drug-likeness (QED) is 0.479. The van der Waals surface area contributed by atoms with Crippen LogP contribution in [0.5, 0.6) is 11.5 Å². The summed E-state index contributed by atoms with van der Waals surface area (Å²) in [5.41, 5.74) is 4.80. The molecule has 1 aliphatic heterocycles. The summed E-state index contributed by atoms with van der Waals surface area (Å²) >= 11 is 0. The number of carbonyl (C=O) groups is 2. The van der Waals surface area contributed by atoms with Gasteiger partial charge in [-0.1, -0.05) is 6.07 Å². The Labute approximate surface area is 201 Å². The van der Waals surface area contributed by atoms with E-state index in [2.05, 4.69) is 10.3 Å². The Hall–Kier alpha value is -3.98. The monoisotopic (exact) mass is 479 g/mol. The van der Waals surface area contributed by atoms with Crippen LogP contribution < -0.4 is 20.5 Å². The molecule has 0 bridgehead atoms. The van der Waals surface area contributed by atoms with Crippen LogP contribution in [0.25, 0.3) is 11.3 Å². The van der Waals surface area contributed by atoms with E-state index in [-0.39, 0.29) is 18.8 Å². The minimum atomic E-state index is -1.63. The van der Waals surface area contributed by atoms with Crippen molar-refractivity contribution in [2.75, 3.05) is 20.3 Å². The van der Waals surface area contributed by atoms with Crippen LogP contribution in [0.3, 0.4) is 0 Å². The molecule has 2 aromatic carbocycles. The van der Waals surface area contributed by atoms with Crippen LogP contribution in [0, 0.1) is 5.82 Å². The van der Waals surface area contributed by atoms with Crippen LogP contribution >= 0.6 is 0 Å². The summed E-state index contributed by atoms with van der Waals surface area (Å²) < 4.78 is 24.5. The van der Waals surface area contributed by atoms with E-state index in [9.17, 15) is 19.1 Å². The maximum atomic E-state index is 13.5. The van der Waals surface area contributed by atoms with Crippen molar-refractivity contribution in [1.82, 2.24) is 10.3 Å². The molecule has 2 atom stereocenters. The molecule has 2 amide bonds. The van der Waals surface area contributed by atoms with E-state index in [0.717, 1.165) is 0 Å². The third kappa shape index (κ3) is 4.54. The number of halogens is 1. The molecule has 0 unspecified atom stereocenters. The van der Waals surface area contributed by atoms with Gasteiger partial charge in [-0.2, -0.15) is 0 Å². The smallest absolute Gasteiger partial charge is 0.251 e. The molecule has 2 heterocycles. The standard InChI is InChI=1S/C26H26FN3O5/c1-25(24(28)32)14-35-22-19(25)12-20(30-21(22)15-7-9-17(27)10-8-15)26(2,33)13-29-23(31)16-5-4-6-18(11-16)34-3/h4-12,33H,13-14H2,1-3H3,(H2,28,32)(H,29,31)/t25-,26-/m0/s1. The number of primary amides is 1. The molecular weight excluding hydrogens is 453 g/mol. The summed E-state index contributed by atoms with van der Waals surface area (Å²) in [6.45, 7) is 2.98. The van der Waals surface area contributed by atoms with Gasteiger partial charge < -0.3 is 25.6 Å². The first-order chi connectivity index (χ1) is 16.5. The second-order valence-corrected chi connectivity index (χ2v) is 8.91. The minimum Gasteiger partial charge on any atom is -0.497 e. The number of nitrogens with one attached hydrogen (secondary N) is 1. The molecule has 0 saturated carbocycles. The minimum absolute atomic E-state index is 0.00567. The normalized spacial score (nSPS) is 18.2. The lowest BCUT2D eigenvalue weighted by Gasteiger charge is -2.26. The molecule has 0 spiro atoms. The molecule has 8 nitrogen and oxygen atoms in total. The molecule has 4 rings (SSSR count). The predicted molar refractivity (Wildman–Crippen MR) is 127 cm³/mol. The third-order valence-electron chi connectivity index (χ3n) is 6.21. The van der Waals surface area contributed by atoms with Crippen LogP contribution in [0.2, 0.25) is 0 Å². The lowest BCUT2D eigenvalue weighted by molar-refractivity contribution is -0.123. The van der Waals surface area contributed by atoms with Gasteiger partial charge in [0.2, 0.25) is 5.91 Å². The van der Waals surface area contributed by atoms with Gasteiger partial charge in [-0.15, -0.1) is 0 Å². The van der Waals surface area contributed by atoms with Gasteiger partial charge in [0.05, 0.1) is 19.3 Å². The van der Waals surface area contributed by atoms with Crippen molar-refractivity contribution >= 4 is 11.8 Å². The summed E-state index contributed by atoms with van der Waals surface area (Å²) in [5.74, 6) is -0.548. The summed E-state index contributed by atoms with van der Waals surface area (Å²) in [5, 5.41) is 14.0. The van der Waals surface area contributed by atoms with Crippen LogP contribution in [-0.4, -0.2) is 42.2 Å². The van der Waals surface area contributed by atoms with Crippen molar-refractivity contribution in [3.63, 3.8) is 0 Å². The van der Waals surface area contributed by atoms with E-state index in [1.165, 1.54) is 38.3 Å². The molecule has 1 aromatic heterocycles. The zero-order chi connectivity index (χ0) is 25.4. The average Bonchev–Trinajstić information content (AvgIpc) is 3.20. The Morgan fingerprint density at radius 3 is 2.63 bits per heavy atom. The van der Waals surface area contributed by atoms with Crippen LogP contribution in [-0.2, 0) is 15.8 Å². The number of ether oxygens (including phenoxy) is 2. The second kappa shape index (κ2) is 8.99. The lowest BCUT2D eigenvalue weighted by atomic mass is 9.82. The van der Waals surface area contributed by atoms with Crippen molar-refractivity contribution in [3.8, 4) is 22.8 Å². The number of fused-ring (bicyclic) bond motifs is 1. The number of pyridine rings is 1. The van der Waals surface area contributed by atoms with E-state index >= 15 is 0 Å². The van der Waals surface area contributed by atoms with E-state index in [1.54, 1.807) is 37.3 Å². The number of hydrogen-bond acceptors (Lipinski definition) is 6. The Balaban J connectivity index is 1.71. The van der Waals surface area contributed by atoms with Gasteiger partial charge in [0.1, 0.15) is 40.6 Å². The molecule has 3 aromatic rings. The van der Waals surface area contributed by atoms with Gasteiger partial charge in [-0.05, 0) is 62.4 Å². The number of hydrogen-bond donors (Lipinski definition) is 3. The van der Waals surface area contributed by atoms with Gasteiger partial charge >= 0.3 is 0 Å². The van der Waals surface area contributed by atoms with Gasteiger partial charge in [-0.25, -0.2) is 9.37 Å². The van der Waals surface area contributed by atoms with Crippen molar-refractivity contribution in [1.29, 1.82) is 0 Å². The Bertz CT molecular complexity index is 1290. The molecule has 182 valence electrons. The zero-order valence-electron chi connectivity index (χ0n) is 19.6. The lowest BCUT2D eigenvalue weighted by Crippen LogP contribution is -2.41. The second-order valence-electron chi connectivity index (χ2n) is 8.91. The van der Waals surface area contributed by atoms with E-state index in [0.29, 0.717) is 33.9 Å². The van der Waals surface area contributed by atoms with Crippen molar-refractivity contribution in [2.24, 2.45) is 5.73 Å². The topological polar surface area (TPSA) is 124 Å². The van der Waals surface area contributed by atoms with E-state index < -0.39 is 28.6 Å². The predicted octanol–water partition coefficient (Wildman–Crippen LogP) is 2.67. The SMILES string of the molecule is COc1cccc(C(=O)NC[C@](C)(O)c2cc3c(c(-c4ccc(F)cc4)n2)OC[C@]3(C)C(N)=O)c1. The highest BCUT2D eigenvalue weighted by Gasteiger charge is 2.45. The highest BCUT2D eigenvalue weighted by Crippen LogP contribution is 2.45. The first-order valence-corrected chi connectivity index (χ1v) is 10.9. The fourth-order valence-electron chi connectivity index (χ4n) is 3.88. The van der Waals surface area contributed by atoms with E-state index in [4.69, 9.17) is 15.2 Å². The molecule has 0 saturated heterocycles. The first-order valence-electron chi connectivity index (χ1n) is 10.9. The van der Waals surface area contributed by atoms with Crippen molar-refractivity contribution in [2.45, 2.75) is 24.9 Å². The van der Waals surface area contributed by atoms with Gasteiger partial charge in [0.25, 0.3) is 5.91 Å². The van der Waals surface area contributed by atoms with Crippen LogP contribution in [0.1, 0.15) is 35.5 Å². The van der Waals surface area contributed by atoms with Crippen LogP contribution in [0.4, 0.5) is 4.39 Å². The van der Waals surface area contributed by atoms with E-state index in [1.807, 2.05) is 0 Å². The number of methoxy groups -OCH3 is 1. The van der Waals surface area contributed by atoms with Gasteiger partial charge in [-0.3, -0.25) is 9.59 Å². The Kier molecular flexibility index (Phi) is 6.21.